The van der Waals surface area contributed by atoms with E-state index in [1.165, 1.54) is 53.1 Å². The van der Waals surface area contributed by atoms with E-state index in [4.69, 9.17) is 11.6 Å². The summed E-state index contributed by atoms with van der Waals surface area (Å²) < 4.78 is 27.2. The van der Waals surface area contributed by atoms with Crippen LogP contribution < -0.4 is 4.73 Å². The first-order valence-corrected chi connectivity index (χ1v) is 9.43. The van der Waals surface area contributed by atoms with Crippen molar-refractivity contribution in [2.24, 2.45) is 0 Å². The van der Waals surface area contributed by atoms with Crippen LogP contribution in [0, 0.1) is 5.21 Å². The second-order valence-electron chi connectivity index (χ2n) is 5.60. The van der Waals surface area contributed by atoms with E-state index in [-0.39, 0.29) is 37.0 Å². The number of hydrogen-bond acceptors (Lipinski definition) is 4. The summed E-state index contributed by atoms with van der Waals surface area (Å²) in [5, 5.41) is 11.5. The highest BCUT2D eigenvalue weighted by Crippen LogP contribution is 2.20. The van der Waals surface area contributed by atoms with Gasteiger partial charge in [0.15, 0.2) is 12.4 Å². The van der Waals surface area contributed by atoms with E-state index in [9.17, 15) is 18.4 Å². The third-order valence-corrected chi connectivity index (χ3v) is 6.19. The SMILES string of the molecule is O=C(c1cc[n+]([O-])cc1)N1CCN(S(=O)(=O)c2ccc(Cl)cc2)CC1. The topological polar surface area (TPSA) is 84.6 Å². The lowest BCUT2D eigenvalue weighted by molar-refractivity contribution is -0.605. The van der Waals surface area contributed by atoms with Crippen molar-refractivity contribution in [1.82, 2.24) is 9.21 Å². The van der Waals surface area contributed by atoms with Gasteiger partial charge in [0.25, 0.3) is 5.91 Å². The Morgan fingerprint density at radius 1 is 1.00 bits per heavy atom. The molecule has 9 heteroatoms. The minimum Gasteiger partial charge on any atom is -0.619 e. The molecule has 1 fully saturated rings. The lowest BCUT2D eigenvalue weighted by atomic mass is 10.2. The Hall–Kier alpha value is -2.16. The fraction of sp³-hybridized carbons (Fsp3) is 0.250. The smallest absolute Gasteiger partial charge is 0.254 e. The van der Waals surface area contributed by atoms with E-state index in [0.717, 1.165) is 0 Å². The molecule has 1 amide bonds. The number of sulfonamides is 1. The number of carbonyl (C=O) groups is 1. The summed E-state index contributed by atoms with van der Waals surface area (Å²) >= 11 is 5.80. The molecule has 132 valence electrons. The molecule has 0 N–H and O–H groups in total. The largest absolute Gasteiger partial charge is 0.619 e. The van der Waals surface area contributed by atoms with Crippen LogP contribution in [0.2, 0.25) is 5.02 Å². The van der Waals surface area contributed by atoms with Crippen molar-refractivity contribution in [3.05, 3.63) is 64.6 Å². The van der Waals surface area contributed by atoms with Gasteiger partial charge in [-0.05, 0) is 24.3 Å². The summed E-state index contributed by atoms with van der Waals surface area (Å²) in [6.45, 7) is 1.01. The maximum atomic E-state index is 12.6. The van der Waals surface area contributed by atoms with Gasteiger partial charge in [0, 0.05) is 43.3 Å². The predicted octanol–water partition coefficient (Wildman–Crippen LogP) is 1.12. The van der Waals surface area contributed by atoms with E-state index in [1.54, 1.807) is 4.90 Å². The van der Waals surface area contributed by atoms with Crippen LogP contribution in [0.4, 0.5) is 0 Å². The van der Waals surface area contributed by atoms with E-state index in [0.29, 0.717) is 15.3 Å². The number of carbonyl (C=O) groups excluding carboxylic acids is 1. The van der Waals surface area contributed by atoms with Gasteiger partial charge in [-0.2, -0.15) is 9.04 Å². The van der Waals surface area contributed by atoms with Gasteiger partial charge >= 0.3 is 0 Å². The molecule has 0 aliphatic carbocycles. The third-order valence-electron chi connectivity index (χ3n) is 4.03. The van der Waals surface area contributed by atoms with Gasteiger partial charge in [-0.15, -0.1) is 0 Å². The lowest BCUT2D eigenvalue weighted by Crippen LogP contribution is -2.50. The number of benzene rings is 1. The van der Waals surface area contributed by atoms with Gasteiger partial charge in [-0.1, -0.05) is 11.6 Å². The number of hydrogen-bond donors (Lipinski definition) is 0. The number of rotatable bonds is 3. The van der Waals surface area contributed by atoms with Crippen molar-refractivity contribution in [1.29, 1.82) is 0 Å². The van der Waals surface area contributed by atoms with E-state index >= 15 is 0 Å². The van der Waals surface area contributed by atoms with Crippen LogP contribution >= 0.6 is 11.6 Å². The zero-order valence-electron chi connectivity index (χ0n) is 13.2. The van der Waals surface area contributed by atoms with Crippen LogP contribution in [-0.4, -0.2) is 49.7 Å². The minimum absolute atomic E-state index is 0.180. The zero-order valence-corrected chi connectivity index (χ0v) is 14.8. The second-order valence-corrected chi connectivity index (χ2v) is 7.97. The molecular weight excluding hydrogens is 366 g/mol. The number of pyridine rings is 1. The molecule has 1 saturated heterocycles. The van der Waals surface area contributed by atoms with Crippen molar-refractivity contribution in [2.45, 2.75) is 4.90 Å². The van der Waals surface area contributed by atoms with Gasteiger partial charge in [0.2, 0.25) is 10.0 Å². The Labute approximate surface area is 150 Å². The van der Waals surface area contributed by atoms with Crippen molar-refractivity contribution >= 4 is 27.5 Å². The lowest BCUT2D eigenvalue weighted by Gasteiger charge is -2.34. The third kappa shape index (κ3) is 3.76. The summed E-state index contributed by atoms with van der Waals surface area (Å²) in [6, 6.07) is 8.91. The Balaban J connectivity index is 1.68. The first-order valence-electron chi connectivity index (χ1n) is 7.62. The summed E-state index contributed by atoms with van der Waals surface area (Å²) in [6.07, 6.45) is 2.52. The molecule has 0 radical (unpaired) electrons. The molecule has 2 aromatic rings. The van der Waals surface area contributed by atoms with Crippen LogP contribution in [0.25, 0.3) is 0 Å². The first-order chi connectivity index (χ1) is 11.9. The predicted molar refractivity (Wildman–Crippen MR) is 91.5 cm³/mol. The van der Waals surface area contributed by atoms with Gasteiger partial charge < -0.3 is 10.1 Å². The first kappa shape index (κ1) is 17.7. The number of halogens is 1. The molecule has 1 aromatic carbocycles. The van der Waals surface area contributed by atoms with Gasteiger partial charge in [0.05, 0.1) is 10.5 Å². The van der Waals surface area contributed by atoms with Crippen LogP contribution in [0.1, 0.15) is 10.4 Å². The molecule has 0 unspecified atom stereocenters. The quantitative estimate of drug-likeness (QED) is 0.589. The molecule has 0 bridgehead atoms. The van der Waals surface area contributed by atoms with Gasteiger partial charge in [0.1, 0.15) is 0 Å². The fourth-order valence-corrected chi connectivity index (χ4v) is 4.17. The summed E-state index contributed by atoms with van der Waals surface area (Å²) in [5.74, 6) is -0.218. The number of piperazine rings is 1. The molecule has 0 spiro atoms. The molecule has 1 aromatic heterocycles. The molecule has 0 atom stereocenters. The van der Waals surface area contributed by atoms with Crippen molar-refractivity contribution in [2.75, 3.05) is 26.2 Å². The highest BCUT2D eigenvalue weighted by molar-refractivity contribution is 7.89. The summed E-state index contributed by atoms with van der Waals surface area (Å²) in [5.41, 5.74) is 0.404. The van der Waals surface area contributed by atoms with E-state index < -0.39 is 10.0 Å². The molecule has 25 heavy (non-hydrogen) atoms. The molecule has 7 nitrogen and oxygen atoms in total. The number of nitrogens with zero attached hydrogens (tertiary/aromatic N) is 3. The molecule has 0 saturated carbocycles. The molecule has 1 aliphatic heterocycles. The second kappa shape index (κ2) is 6.99. The van der Waals surface area contributed by atoms with Crippen LogP contribution in [-0.2, 0) is 10.0 Å². The van der Waals surface area contributed by atoms with Crippen molar-refractivity contribution in [3.63, 3.8) is 0 Å². The number of amides is 1. The fourth-order valence-electron chi connectivity index (χ4n) is 2.63. The van der Waals surface area contributed by atoms with Gasteiger partial charge in [-0.3, -0.25) is 4.79 Å². The van der Waals surface area contributed by atoms with Crippen LogP contribution in [0.5, 0.6) is 0 Å². The van der Waals surface area contributed by atoms with Crippen molar-refractivity contribution in [3.8, 4) is 0 Å². The summed E-state index contributed by atoms with van der Waals surface area (Å²) in [7, 11) is -3.61. The van der Waals surface area contributed by atoms with E-state index in [2.05, 4.69) is 0 Å². The van der Waals surface area contributed by atoms with Crippen LogP contribution in [0.3, 0.4) is 0 Å². The minimum atomic E-state index is -3.61. The number of aromatic nitrogens is 1. The maximum absolute atomic E-state index is 12.6. The highest BCUT2D eigenvalue weighted by Gasteiger charge is 2.30. The summed E-state index contributed by atoms with van der Waals surface area (Å²) in [4.78, 5) is 14.2. The zero-order chi connectivity index (χ0) is 18.0. The van der Waals surface area contributed by atoms with Crippen molar-refractivity contribution < 1.29 is 17.9 Å². The Morgan fingerprint density at radius 3 is 2.12 bits per heavy atom. The molecule has 1 aliphatic rings. The van der Waals surface area contributed by atoms with E-state index in [1.807, 2.05) is 0 Å². The average Bonchev–Trinajstić information content (AvgIpc) is 2.62. The Bertz CT molecular complexity index is 861. The normalized spacial score (nSPS) is 16.0. The molecule has 2 heterocycles. The van der Waals surface area contributed by atoms with Gasteiger partial charge in [-0.25, -0.2) is 8.42 Å². The van der Waals surface area contributed by atoms with Crippen LogP contribution in [0.15, 0.2) is 53.7 Å². The molecular formula is C16H16ClN3O4S. The monoisotopic (exact) mass is 381 g/mol. The Kier molecular flexibility index (Phi) is 4.94. The maximum Gasteiger partial charge on any atom is 0.254 e. The highest BCUT2D eigenvalue weighted by atomic mass is 35.5. The molecule has 3 rings (SSSR count). The standard InChI is InChI=1S/C16H16ClN3O4S/c17-14-1-3-15(4-2-14)25(23,24)20-11-9-18(10-12-20)16(21)13-5-7-19(22)8-6-13/h1-8H,9-12H2. The average molecular weight is 382 g/mol. The Morgan fingerprint density at radius 2 is 1.56 bits per heavy atom.